The monoisotopic (exact) mass is 517 g/mol. The summed E-state index contributed by atoms with van der Waals surface area (Å²) in [6, 6.07) is 9.63. The number of guanidine groups is 1. The van der Waals surface area contributed by atoms with Gasteiger partial charge < -0.3 is 20.1 Å². The lowest BCUT2D eigenvalue weighted by atomic mass is 10.1. The number of rotatable bonds is 7. The number of nitrogens with one attached hydrogen (secondary N) is 2. The Morgan fingerprint density at radius 3 is 2.49 bits per heavy atom. The van der Waals surface area contributed by atoms with Crippen LogP contribution in [0.1, 0.15) is 21.7 Å². The Morgan fingerprint density at radius 2 is 1.91 bits per heavy atom. The molecule has 1 aromatic heterocycles. The molecule has 0 atom stereocenters. The van der Waals surface area contributed by atoms with Crippen molar-refractivity contribution in [3.05, 3.63) is 76.0 Å². The predicted octanol–water partition coefficient (Wildman–Crippen LogP) is 4.95. The number of halogens is 2. The van der Waals surface area contributed by atoms with Crippen LogP contribution in [-0.4, -0.2) is 39.7 Å². The number of nitrogen functional groups attached to an aromatic ring is 1. The van der Waals surface area contributed by atoms with Gasteiger partial charge in [-0.1, -0.05) is 41.0 Å². The normalized spacial score (nSPS) is 10.5. The predicted molar refractivity (Wildman–Crippen MR) is 132 cm³/mol. The van der Waals surface area contributed by atoms with Crippen LogP contribution in [0.4, 0.5) is 10.5 Å². The second-order valence-electron chi connectivity index (χ2n) is 7.23. The maximum Gasteiger partial charge on any atom is 0.414 e. The first-order valence-electron chi connectivity index (χ1n) is 10.1. The number of nitrogens with two attached hydrogens (primary N) is 1. The van der Waals surface area contributed by atoms with Crippen molar-refractivity contribution in [2.24, 2.45) is 0 Å². The number of nitrogens with zero attached hydrogens (tertiary/aromatic N) is 2. The summed E-state index contributed by atoms with van der Waals surface area (Å²) in [6.45, 7) is 5.15. The molecule has 35 heavy (non-hydrogen) atoms. The zero-order valence-electron chi connectivity index (χ0n) is 18.5. The number of anilines is 1. The second kappa shape index (κ2) is 10.9. The Bertz CT molecular complexity index is 1270. The summed E-state index contributed by atoms with van der Waals surface area (Å²) < 4.78 is 10.6. The molecule has 0 radical (unpaired) electrons. The molecule has 2 aromatic carbocycles. The van der Waals surface area contributed by atoms with Gasteiger partial charge in [0.1, 0.15) is 29.4 Å². The highest BCUT2D eigenvalue weighted by atomic mass is 35.5. The zero-order chi connectivity index (χ0) is 25.7. The molecule has 182 valence electrons. The second-order valence-corrected chi connectivity index (χ2v) is 8.05. The van der Waals surface area contributed by atoms with Crippen LogP contribution in [0.15, 0.2) is 53.6 Å². The highest BCUT2D eigenvalue weighted by Gasteiger charge is 2.26. The van der Waals surface area contributed by atoms with E-state index >= 15 is 0 Å². The van der Waals surface area contributed by atoms with Crippen molar-refractivity contribution in [1.82, 2.24) is 15.4 Å². The van der Waals surface area contributed by atoms with Gasteiger partial charge in [0, 0.05) is 5.56 Å². The first-order chi connectivity index (χ1) is 16.6. The minimum atomic E-state index is -1.48. The summed E-state index contributed by atoms with van der Waals surface area (Å²) in [4.78, 5) is 25.4. The molecule has 3 aromatic rings. The molecule has 0 aliphatic carbocycles. The van der Waals surface area contributed by atoms with Crippen molar-refractivity contribution in [2.75, 3.05) is 12.3 Å². The van der Waals surface area contributed by atoms with Gasteiger partial charge in [0.2, 0.25) is 5.96 Å². The molecule has 0 unspecified atom stereocenters. The Morgan fingerprint density at radius 1 is 1.29 bits per heavy atom. The highest BCUT2D eigenvalue weighted by molar-refractivity contribution is 6.38. The van der Waals surface area contributed by atoms with Crippen LogP contribution >= 0.6 is 23.2 Å². The van der Waals surface area contributed by atoms with E-state index in [0.717, 1.165) is 0 Å². The Balaban J connectivity index is 1.81. The number of ether oxygens (including phenoxy) is 1. The largest absolute Gasteiger partial charge is 0.490 e. The van der Waals surface area contributed by atoms with Gasteiger partial charge in [-0.3, -0.25) is 15.5 Å². The van der Waals surface area contributed by atoms with Crippen LogP contribution in [-0.2, 0) is 6.54 Å². The summed E-state index contributed by atoms with van der Waals surface area (Å²) in [6.07, 6.45) is 0.139. The summed E-state index contributed by atoms with van der Waals surface area (Å²) in [5.41, 5.74) is 7.07. The molecule has 5 N–H and O–H groups in total. The molecule has 0 saturated carbocycles. The van der Waals surface area contributed by atoms with Crippen LogP contribution in [0.5, 0.6) is 5.75 Å². The van der Waals surface area contributed by atoms with Crippen molar-refractivity contribution < 1.29 is 24.0 Å². The Labute approximate surface area is 210 Å². The fraction of sp³-hybridized carbons (Fsp3) is 0.130. The van der Waals surface area contributed by atoms with Gasteiger partial charge in [-0.2, -0.15) is 0 Å². The lowest BCUT2D eigenvalue weighted by Crippen LogP contribution is -2.45. The van der Waals surface area contributed by atoms with Crippen molar-refractivity contribution >= 4 is 46.8 Å². The molecule has 3 rings (SSSR count). The molecule has 0 spiro atoms. The average molecular weight is 518 g/mol. The van der Waals surface area contributed by atoms with E-state index < -0.39 is 18.0 Å². The summed E-state index contributed by atoms with van der Waals surface area (Å²) >= 11 is 12.0. The minimum Gasteiger partial charge on any atom is -0.490 e. The summed E-state index contributed by atoms with van der Waals surface area (Å²) in [7, 11) is 0. The van der Waals surface area contributed by atoms with E-state index in [-0.39, 0.29) is 39.3 Å². The molecule has 12 heteroatoms. The summed E-state index contributed by atoms with van der Waals surface area (Å²) in [5.74, 6) is -0.667. The number of amides is 2. The van der Waals surface area contributed by atoms with Crippen molar-refractivity contribution in [2.45, 2.75) is 13.5 Å². The fourth-order valence-corrected chi connectivity index (χ4v) is 3.62. The molecule has 0 aliphatic heterocycles. The molecule has 0 aliphatic rings. The number of benzene rings is 2. The molecular formula is C23H21Cl2N5O5. The van der Waals surface area contributed by atoms with Crippen LogP contribution in [0.25, 0.3) is 11.3 Å². The maximum atomic E-state index is 13.0. The zero-order valence-corrected chi connectivity index (χ0v) is 20.0. The number of aryl methyl sites for hydroxylation is 1. The molecule has 10 nitrogen and oxygen atoms in total. The van der Waals surface area contributed by atoms with Gasteiger partial charge in [0.25, 0.3) is 5.91 Å². The highest BCUT2D eigenvalue weighted by Crippen LogP contribution is 2.30. The minimum absolute atomic E-state index is 0.0541. The lowest BCUT2D eigenvalue weighted by Gasteiger charge is -2.20. The quantitative estimate of drug-likeness (QED) is 0.149. The fourth-order valence-electron chi connectivity index (χ4n) is 3.09. The van der Waals surface area contributed by atoms with Gasteiger partial charge in [-0.15, -0.1) is 0 Å². The SMILES string of the molecule is C=CCOc1ccc(-c2noc(C)c2C(=O)NC(=N)N(Cc2cc(Cl)c(N)c(Cl)c2)C(=O)O)cc1. The van der Waals surface area contributed by atoms with Gasteiger partial charge in [0.05, 0.1) is 22.3 Å². The van der Waals surface area contributed by atoms with Crippen LogP contribution in [0.2, 0.25) is 10.0 Å². The first-order valence-corrected chi connectivity index (χ1v) is 10.8. The van der Waals surface area contributed by atoms with E-state index in [2.05, 4.69) is 17.1 Å². The van der Waals surface area contributed by atoms with Crippen molar-refractivity contribution in [1.29, 1.82) is 5.41 Å². The van der Waals surface area contributed by atoms with Crippen molar-refractivity contribution in [3.8, 4) is 17.0 Å². The third-order valence-corrected chi connectivity index (χ3v) is 5.42. The van der Waals surface area contributed by atoms with E-state index in [9.17, 15) is 14.7 Å². The molecule has 0 saturated heterocycles. The van der Waals surface area contributed by atoms with Crippen molar-refractivity contribution in [3.63, 3.8) is 0 Å². The van der Waals surface area contributed by atoms with Crippen LogP contribution in [0, 0.1) is 12.3 Å². The van der Waals surface area contributed by atoms with Gasteiger partial charge in [-0.05, 0) is 48.9 Å². The van der Waals surface area contributed by atoms with E-state index in [1.165, 1.54) is 19.1 Å². The molecule has 0 fully saturated rings. The van der Waals surface area contributed by atoms with E-state index in [1.807, 2.05) is 0 Å². The standard InChI is InChI=1S/C23H21Cl2N5O5/c1-3-8-34-15-6-4-14(5-7-15)20-18(12(2)35-29-20)21(31)28-22(27)30(23(32)33)11-13-9-16(24)19(26)17(25)10-13/h3-7,9-10H,1,8,11,26H2,2H3,(H,32,33)(H2,27,28,31). The van der Waals surface area contributed by atoms with Crippen LogP contribution < -0.4 is 15.8 Å². The van der Waals surface area contributed by atoms with Gasteiger partial charge >= 0.3 is 6.09 Å². The molecule has 0 bridgehead atoms. The number of carbonyl (C=O) groups is 2. The molecular weight excluding hydrogens is 497 g/mol. The Kier molecular flexibility index (Phi) is 8.00. The number of aromatic nitrogens is 1. The van der Waals surface area contributed by atoms with Crippen LogP contribution in [0.3, 0.4) is 0 Å². The van der Waals surface area contributed by atoms with E-state index in [1.54, 1.807) is 30.3 Å². The first kappa shape index (κ1) is 25.6. The topological polar surface area (TPSA) is 155 Å². The van der Waals surface area contributed by atoms with E-state index in [0.29, 0.717) is 28.4 Å². The number of carboxylic acid groups (broad SMARTS) is 1. The Hall–Kier alpha value is -4.02. The summed E-state index contributed by atoms with van der Waals surface area (Å²) in [5, 5.41) is 24.3. The molecule has 2 amide bonds. The smallest absolute Gasteiger partial charge is 0.414 e. The number of carbonyl (C=O) groups excluding carboxylic acids is 1. The third kappa shape index (κ3) is 5.92. The van der Waals surface area contributed by atoms with Gasteiger partial charge in [0.15, 0.2) is 0 Å². The number of hydrogen-bond acceptors (Lipinski definition) is 7. The van der Waals surface area contributed by atoms with E-state index in [4.69, 9.17) is 43.6 Å². The third-order valence-electron chi connectivity index (χ3n) is 4.80. The maximum absolute atomic E-state index is 13.0. The lowest BCUT2D eigenvalue weighted by molar-refractivity contribution is 0.0970. The number of hydrogen-bond donors (Lipinski definition) is 4. The molecule has 1 heterocycles. The van der Waals surface area contributed by atoms with Gasteiger partial charge in [-0.25, -0.2) is 9.69 Å². The average Bonchev–Trinajstić information content (AvgIpc) is 3.21.